The molecule has 0 unspecified atom stereocenters. The molecule has 1 aliphatic heterocycles. The van der Waals surface area contributed by atoms with Gasteiger partial charge in [0.05, 0.1) is 0 Å². The Labute approximate surface area is 136 Å². The first kappa shape index (κ1) is 17.5. The number of ether oxygens (including phenoxy) is 2. The quantitative estimate of drug-likeness (QED) is 0.818. The van der Waals surface area contributed by atoms with Crippen LogP contribution in [-0.2, 0) is 4.74 Å². The van der Waals surface area contributed by atoms with Gasteiger partial charge in [0.25, 0.3) is 0 Å². The second kappa shape index (κ2) is 7.64. The molecule has 1 aromatic rings. The molecule has 0 radical (unpaired) electrons. The van der Waals surface area contributed by atoms with Crippen LogP contribution in [0.5, 0.6) is 5.75 Å². The summed E-state index contributed by atoms with van der Waals surface area (Å²) in [4.78, 5) is 13.7. The van der Waals surface area contributed by atoms with Crippen molar-refractivity contribution in [2.45, 2.75) is 38.9 Å². The predicted octanol–water partition coefficient (Wildman–Crippen LogP) is 2.80. The molecular formula is C17H25FN2O3. The highest BCUT2D eigenvalue weighted by Gasteiger charge is 2.27. The molecule has 0 aliphatic carbocycles. The molecular weight excluding hydrogens is 299 g/mol. The minimum absolute atomic E-state index is 0.152. The van der Waals surface area contributed by atoms with Gasteiger partial charge < -0.3 is 14.8 Å². The molecule has 5 nitrogen and oxygen atoms in total. The van der Waals surface area contributed by atoms with E-state index in [0.717, 1.165) is 26.1 Å². The number of amides is 1. The normalized spacial score (nSPS) is 15.8. The number of nitrogens with one attached hydrogen (secondary N) is 1. The Morgan fingerprint density at radius 1 is 1.30 bits per heavy atom. The number of nitrogens with zero attached hydrogens (tertiary/aromatic N) is 1. The Bertz CT molecular complexity index is 508. The zero-order chi connectivity index (χ0) is 16.9. The third kappa shape index (κ3) is 6.44. The summed E-state index contributed by atoms with van der Waals surface area (Å²) in [7, 11) is 0. The molecule has 0 saturated carbocycles. The zero-order valence-electron chi connectivity index (χ0n) is 14.0. The molecule has 0 aromatic heterocycles. The first-order chi connectivity index (χ1) is 10.8. The fourth-order valence-electron chi connectivity index (χ4n) is 2.29. The number of carbonyl (C=O) groups is 1. The summed E-state index contributed by atoms with van der Waals surface area (Å²) in [5.41, 5.74) is -0.466. The van der Waals surface area contributed by atoms with Gasteiger partial charge in [-0.1, -0.05) is 0 Å². The van der Waals surface area contributed by atoms with Gasteiger partial charge in [-0.3, -0.25) is 4.90 Å². The molecule has 1 heterocycles. The molecule has 128 valence electrons. The van der Waals surface area contributed by atoms with Crippen molar-refractivity contribution in [3.63, 3.8) is 0 Å². The lowest BCUT2D eigenvalue weighted by atomic mass is 10.1. The van der Waals surface area contributed by atoms with Gasteiger partial charge >= 0.3 is 6.09 Å². The van der Waals surface area contributed by atoms with Crippen molar-refractivity contribution in [1.82, 2.24) is 10.2 Å². The number of hydrogen-bond acceptors (Lipinski definition) is 4. The van der Waals surface area contributed by atoms with Crippen LogP contribution >= 0.6 is 0 Å². The number of carbonyl (C=O) groups excluding carboxylic acids is 1. The number of alkyl carbamates (subject to hydrolysis) is 1. The van der Waals surface area contributed by atoms with Crippen molar-refractivity contribution < 1.29 is 18.7 Å². The molecule has 1 aromatic carbocycles. The molecule has 1 aliphatic rings. The molecule has 23 heavy (non-hydrogen) atoms. The highest BCUT2D eigenvalue weighted by atomic mass is 19.1. The van der Waals surface area contributed by atoms with Crippen LogP contribution in [0.4, 0.5) is 9.18 Å². The van der Waals surface area contributed by atoms with Crippen LogP contribution < -0.4 is 10.1 Å². The number of halogens is 1. The average Bonchev–Trinajstić information content (AvgIpc) is 2.40. The number of benzene rings is 1. The summed E-state index contributed by atoms with van der Waals surface area (Å²) in [6.07, 6.45) is 0.639. The SMILES string of the molecule is CC(C)(C)OC(=O)NCCCN1CC(Oc2ccc(F)cc2)C1. The lowest BCUT2D eigenvalue weighted by Crippen LogP contribution is -2.54. The second-order valence-corrected chi connectivity index (χ2v) is 6.74. The zero-order valence-corrected chi connectivity index (χ0v) is 14.0. The minimum atomic E-state index is -0.466. The molecule has 6 heteroatoms. The van der Waals surface area contributed by atoms with E-state index in [1.54, 1.807) is 12.1 Å². The predicted molar refractivity (Wildman–Crippen MR) is 86.1 cm³/mol. The van der Waals surface area contributed by atoms with E-state index in [2.05, 4.69) is 10.2 Å². The molecule has 1 amide bonds. The van der Waals surface area contributed by atoms with Crippen LogP contribution in [0.3, 0.4) is 0 Å². The Morgan fingerprint density at radius 2 is 1.96 bits per heavy atom. The molecule has 2 rings (SSSR count). The summed E-state index contributed by atoms with van der Waals surface area (Å²) in [6.45, 7) is 8.72. The maximum atomic E-state index is 12.8. The van der Waals surface area contributed by atoms with E-state index in [9.17, 15) is 9.18 Å². The van der Waals surface area contributed by atoms with Gasteiger partial charge in [-0.05, 0) is 51.5 Å². The van der Waals surface area contributed by atoms with Crippen LogP contribution in [0.25, 0.3) is 0 Å². The number of rotatable bonds is 6. The van der Waals surface area contributed by atoms with E-state index in [0.29, 0.717) is 12.3 Å². The van der Waals surface area contributed by atoms with E-state index in [1.807, 2.05) is 20.8 Å². The Kier molecular flexibility index (Phi) is 5.82. The molecule has 0 atom stereocenters. The summed E-state index contributed by atoms with van der Waals surface area (Å²) in [5.74, 6) is 0.438. The Hall–Kier alpha value is -1.82. The van der Waals surface area contributed by atoms with Crippen molar-refractivity contribution in [3.05, 3.63) is 30.1 Å². The Morgan fingerprint density at radius 3 is 2.57 bits per heavy atom. The molecule has 1 N–H and O–H groups in total. The smallest absolute Gasteiger partial charge is 0.407 e. The topological polar surface area (TPSA) is 50.8 Å². The third-order valence-electron chi connectivity index (χ3n) is 3.36. The maximum absolute atomic E-state index is 12.8. The van der Waals surface area contributed by atoms with Gasteiger partial charge in [0.1, 0.15) is 23.3 Å². The monoisotopic (exact) mass is 324 g/mol. The van der Waals surface area contributed by atoms with Crippen LogP contribution in [0.1, 0.15) is 27.2 Å². The van der Waals surface area contributed by atoms with Gasteiger partial charge in [-0.2, -0.15) is 0 Å². The summed E-state index contributed by atoms with van der Waals surface area (Å²) in [6, 6.07) is 6.08. The average molecular weight is 324 g/mol. The summed E-state index contributed by atoms with van der Waals surface area (Å²) in [5, 5.41) is 2.74. The standard InChI is InChI=1S/C17H25FN2O3/c1-17(2,3)23-16(21)19-9-4-10-20-11-15(12-20)22-14-7-5-13(18)6-8-14/h5-8,15H,4,9-12H2,1-3H3,(H,19,21). The fraction of sp³-hybridized carbons (Fsp3) is 0.588. The minimum Gasteiger partial charge on any atom is -0.488 e. The van der Waals surface area contributed by atoms with Gasteiger partial charge in [0, 0.05) is 26.2 Å². The molecule has 0 bridgehead atoms. The van der Waals surface area contributed by atoms with Crippen LogP contribution in [0.2, 0.25) is 0 Å². The van der Waals surface area contributed by atoms with Crippen molar-refractivity contribution in [2.75, 3.05) is 26.2 Å². The van der Waals surface area contributed by atoms with E-state index >= 15 is 0 Å². The van der Waals surface area contributed by atoms with E-state index in [4.69, 9.17) is 9.47 Å². The lowest BCUT2D eigenvalue weighted by molar-refractivity contribution is 0.0189. The first-order valence-electron chi connectivity index (χ1n) is 7.93. The third-order valence-corrected chi connectivity index (χ3v) is 3.36. The van der Waals surface area contributed by atoms with Crippen LogP contribution in [-0.4, -0.2) is 48.9 Å². The highest BCUT2D eigenvalue weighted by molar-refractivity contribution is 5.67. The van der Waals surface area contributed by atoms with E-state index < -0.39 is 5.60 Å². The van der Waals surface area contributed by atoms with Crippen molar-refractivity contribution >= 4 is 6.09 Å². The van der Waals surface area contributed by atoms with Crippen LogP contribution in [0, 0.1) is 5.82 Å². The Balaban J connectivity index is 1.53. The van der Waals surface area contributed by atoms with Gasteiger partial charge in [0.15, 0.2) is 0 Å². The maximum Gasteiger partial charge on any atom is 0.407 e. The van der Waals surface area contributed by atoms with E-state index in [-0.39, 0.29) is 18.0 Å². The van der Waals surface area contributed by atoms with Crippen LogP contribution in [0.15, 0.2) is 24.3 Å². The second-order valence-electron chi connectivity index (χ2n) is 6.74. The van der Waals surface area contributed by atoms with E-state index in [1.165, 1.54) is 12.1 Å². The van der Waals surface area contributed by atoms with Gasteiger partial charge in [-0.25, -0.2) is 9.18 Å². The van der Waals surface area contributed by atoms with Crippen molar-refractivity contribution in [1.29, 1.82) is 0 Å². The summed E-state index contributed by atoms with van der Waals surface area (Å²) >= 11 is 0. The molecule has 1 fully saturated rings. The number of hydrogen-bond donors (Lipinski definition) is 1. The fourth-order valence-corrected chi connectivity index (χ4v) is 2.29. The first-order valence-corrected chi connectivity index (χ1v) is 7.93. The van der Waals surface area contributed by atoms with Crippen molar-refractivity contribution in [3.8, 4) is 5.75 Å². The van der Waals surface area contributed by atoms with Gasteiger partial charge in [-0.15, -0.1) is 0 Å². The van der Waals surface area contributed by atoms with Crippen molar-refractivity contribution in [2.24, 2.45) is 0 Å². The van der Waals surface area contributed by atoms with Gasteiger partial charge in [0.2, 0.25) is 0 Å². The molecule has 1 saturated heterocycles. The lowest BCUT2D eigenvalue weighted by Gasteiger charge is -2.39. The molecule has 0 spiro atoms. The largest absolute Gasteiger partial charge is 0.488 e. The summed E-state index contributed by atoms with van der Waals surface area (Å²) < 4.78 is 23.7. The number of likely N-dealkylation sites (tertiary alicyclic amines) is 1. The highest BCUT2D eigenvalue weighted by Crippen LogP contribution is 2.18.